The van der Waals surface area contributed by atoms with Gasteiger partial charge in [-0.3, -0.25) is 0 Å². The van der Waals surface area contributed by atoms with Gasteiger partial charge in [0.25, 0.3) is 0 Å². The van der Waals surface area contributed by atoms with Crippen LogP contribution in [0.15, 0.2) is 33.2 Å². The van der Waals surface area contributed by atoms with Gasteiger partial charge in [-0.05, 0) is 38.2 Å². The summed E-state index contributed by atoms with van der Waals surface area (Å²) in [5.41, 5.74) is 1.15. The minimum Gasteiger partial charge on any atom is -0.313 e. The highest BCUT2D eigenvalue weighted by Gasteiger charge is 2.13. The topological polar surface area (TPSA) is 12.0 Å². The molecule has 1 heterocycles. The van der Waals surface area contributed by atoms with Crippen LogP contribution in [-0.4, -0.2) is 7.05 Å². The van der Waals surface area contributed by atoms with E-state index >= 15 is 0 Å². The van der Waals surface area contributed by atoms with E-state index in [1.165, 1.54) is 9.75 Å². The fourth-order valence-corrected chi connectivity index (χ4v) is 5.14. The smallest absolute Gasteiger partial charge is 0.0428 e. The summed E-state index contributed by atoms with van der Waals surface area (Å²) in [5.74, 6) is 0. The van der Waals surface area contributed by atoms with Crippen molar-refractivity contribution in [3.05, 3.63) is 43.1 Å². The molecule has 0 aliphatic rings. The van der Waals surface area contributed by atoms with Gasteiger partial charge in [-0.25, -0.2) is 0 Å². The predicted octanol–water partition coefficient (Wildman–Crippen LogP) is 5.87. The molecule has 0 fully saturated rings. The molecule has 0 saturated carbocycles. The first kappa shape index (κ1) is 14.5. The lowest BCUT2D eigenvalue weighted by atomic mass is 10.2. The van der Waals surface area contributed by atoms with Gasteiger partial charge in [0, 0.05) is 35.3 Å². The Morgan fingerprint density at radius 1 is 1.22 bits per heavy atom. The lowest BCUT2D eigenvalue weighted by Crippen LogP contribution is -2.10. The molecule has 0 radical (unpaired) electrons. The van der Waals surface area contributed by atoms with Gasteiger partial charge in [0.2, 0.25) is 0 Å². The van der Waals surface area contributed by atoms with Crippen LogP contribution in [0.25, 0.3) is 10.4 Å². The second-order valence-corrected chi connectivity index (χ2v) is 7.22. The van der Waals surface area contributed by atoms with E-state index in [9.17, 15) is 0 Å². The van der Waals surface area contributed by atoms with Crippen LogP contribution < -0.4 is 5.32 Å². The Labute approximate surface area is 133 Å². The quantitative estimate of drug-likeness (QED) is 0.668. The molecule has 0 spiro atoms. The fourth-order valence-electron chi connectivity index (χ4n) is 1.64. The van der Waals surface area contributed by atoms with Gasteiger partial charge in [-0.2, -0.15) is 0 Å². The Kier molecular flexibility index (Phi) is 4.89. The Morgan fingerprint density at radius 3 is 2.39 bits per heavy atom. The van der Waals surface area contributed by atoms with Gasteiger partial charge < -0.3 is 5.32 Å². The highest BCUT2D eigenvalue weighted by Crippen LogP contribution is 2.41. The van der Waals surface area contributed by atoms with Crippen molar-refractivity contribution in [1.29, 1.82) is 0 Å². The van der Waals surface area contributed by atoms with Gasteiger partial charge >= 0.3 is 0 Å². The average molecular weight is 410 g/mol. The molecular formula is C13H12Br2ClNS. The minimum atomic E-state index is 0.369. The van der Waals surface area contributed by atoms with Crippen LogP contribution in [0.1, 0.15) is 17.8 Å². The van der Waals surface area contributed by atoms with Gasteiger partial charge in [0.1, 0.15) is 0 Å². The number of thiophene rings is 1. The molecule has 2 aromatic rings. The standard InChI is InChI=1S/C13H12Br2ClNS/c1-7(17-2)11-3-4-12(18-11)13-9(14)5-8(16)6-10(13)15/h3-7,17H,1-2H3. The summed E-state index contributed by atoms with van der Waals surface area (Å²) in [4.78, 5) is 2.55. The van der Waals surface area contributed by atoms with E-state index in [1.54, 1.807) is 11.3 Å². The first-order chi connectivity index (χ1) is 8.52. The van der Waals surface area contributed by atoms with Crippen molar-refractivity contribution in [2.75, 3.05) is 7.05 Å². The molecule has 1 N–H and O–H groups in total. The minimum absolute atomic E-state index is 0.369. The number of hydrogen-bond acceptors (Lipinski definition) is 2. The summed E-state index contributed by atoms with van der Waals surface area (Å²) in [5, 5.41) is 3.97. The molecule has 0 aliphatic heterocycles. The molecule has 1 atom stereocenters. The number of benzene rings is 1. The van der Waals surface area contributed by atoms with Gasteiger partial charge in [0.05, 0.1) is 0 Å². The SMILES string of the molecule is CNC(C)c1ccc(-c2c(Br)cc(Cl)cc2Br)s1. The molecule has 1 unspecified atom stereocenters. The van der Waals surface area contributed by atoms with Crippen LogP contribution in [0.2, 0.25) is 5.02 Å². The molecule has 0 amide bonds. The summed E-state index contributed by atoms with van der Waals surface area (Å²) < 4.78 is 2.01. The van der Waals surface area contributed by atoms with Crippen molar-refractivity contribution in [1.82, 2.24) is 5.32 Å². The Hall–Kier alpha value is 0.130. The van der Waals surface area contributed by atoms with Gasteiger partial charge in [-0.1, -0.05) is 43.5 Å². The maximum atomic E-state index is 6.02. The zero-order valence-corrected chi connectivity index (χ0v) is 14.7. The van der Waals surface area contributed by atoms with Crippen molar-refractivity contribution in [3.8, 4) is 10.4 Å². The molecule has 5 heteroatoms. The van der Waals surface area contributed by atoms with Crippen LogP contribution in [0.4, 0.5) is 0 Å². The van der Waals surface area contributed by atoms with Crippen LogP contribution in [0.5, 0.6) is 0 Å². The molecular weight excluding hydrogens is 397 g/mol. The van der Waals surface area contributed by atoms with Crippen LogP contribution in [-0.2, 0) is 0 Å². The van der Waals surface area contributed by atoms with Gasteiger partial charge in [0.15, 0.2) is 0 Å². The Morgan fingerprint density at radius 2 is 1.83 bits per heavy atom. The first-order valence-corrected chi connectivity index (χ1v) is 8.23. The number of nitrogens with one attached hydrogen (secondary N) is 1. The fraction of sp³-hybridized carbons (Fsp3) is 0.231. The third-order valence-corrected chi connectivity index (χ3v) is 5.49. The maximum absolute atomic E-state index is 6.02. The van der Waals surface area contributed by atoms with Gasteiger partial charge in [-0.15, -0.1) is 11.3 Å². The number of rotatable bonds is 3. The third kappa shape index (κ3) is 2.99. The molecule has 1 aromatic carbocycles. The number of halogens is 3. The molecule has 18 heavy (non-hydrogen) atoms. The lowest BCUT2D eigenvalue weighted by Gasteiger charge is -2.08. The molecule has 96 valence electrons. The van der Waals surface area contributed by atoms with E-state index in [-0.39, 0.29) is 0 Å². The molecule has 0 bridgehead atoms. The van der Waals surface area contributed by atoms with Crippen molar-refractivity contribution in [2.45, 2.75) is 13.0 Å². The summed E-state index contributed by atoms with van der Waals surface area (Å²) in [6, 6.07) is 8.51. The van der Waals surface area contributed by atoms with Crippen molar-refractivity contribution in [3.63, 3.8) is 0 Å². The number of hydrogen-bond donors (Lipinski definition) is 1. The van der Waals surface area contributed by atoms with E-state index in [4.69, 9.17) is 11.6 Å². The van der Waals surface area contributed by atoms with E-state index in [0.717, 1.165) is 19.5 Å². The van der Waals surface area contributed by atoms with E-state index in [2.05, 4.69) is 56.2 Å². The van der Waals surface area contributed by atoms with Crippen LogP contribution in [0, 0.1) is 0 Å². The predicted molar refractivity (Wildman–Crippen MR) is 87.6 cm³/mol. The highest BCUT2D eigenvalue weighted by molar-refractivity contribution is 9.11. The second kappa shape index (κ2) is 6.06. The summed E-state index contributed by atoms with van der Waals surface area (Å²) in [6.45, 7) is 2.15. The maximum Gasteiger partial charge on any atom is 0.0428 e. The largest absolute Gasteiger partial charge is 0.313 e. The molecule has 2 rings (SSSR count). The van der Waals surface area contributed by atoms with Crippen LogP contribution in [0.3, 0.4) is 0 Å². The van der Waals surface area contributed by atoms with E-state index in [0.29, 0.717) is 6.04 Å². The monoisotopic (exact) mass is 407 g/mol. The van der Waals surface area contributed by atoms with E-state index < -0.39 is 0 Å². The molecule has 0 saturated heterocycles. The Bertz CT molecular complexity index is 545. The average Bonchev–Trinajstić information content (AvgIpc) is 2.76. The first-order valence-electron chi connectivity index (χ1n) is 5.45. The van der Waals surface area contributed by atoms with Crippen molar-refractivity contribution < 1.29 is 0 Å². The Balaban J connectivity index is 2.46. The second-order valence-electron chi connectivity index (χ2n) is 3.96. The highest BCUT2D eigenvalue weighted by atomic mass is 79.9. The van der Waals surface area contributed by atoms with Crippen molar-refractivity contribution >= 4 is 54.8 Å². The van der Waals surface area contributed by atoms with Crippen molar-refractivity contribution in [2.24, 2.45) is 0 Å². The summed E-state index contributed by atoms with van der Waals surface area (Å²) in [6.07, 6.45) is 0. The molecule has 0 aliphatic carbocycles. The normalized spacial score (nSPS) is 12.7. The molecule has 1 aromatic heterocycles. The molecule has 1 nitrogen and oxygen atoms in total. The summed E-state index contributed by atoms with van der Waals surface area (Å²) >= 11 is 15.0. The van der Waals surface area contributed by atoms with E-state index in [1.807, 2.05) is 19.2 Å². The zero-order chi connectivity index (χ0) is 13.3. The lowest BCUT2D eigenvalue weighted by molar-refractivity contribution is 0.664. The van der Waals surface area contributed by atoms with Crippen LogP contribution >= 0.6 is 54.8 Å². The third-order valence-electron chi connectivity index (χ3n) is 2.74. The summed E-state index contributed by atoms with van der Waals surface area (Å²) in [7, 11) is 1.97. The zero-order valence-electron chi connectivity index (χ0n) is 9.93.